The molecule has 0 fully saturated rings. The molecule has 6 heteroatoms. The molecule has 0 saturated heterocycles. The van der Waals surface area contributed by atoms with Crippen LogP contribution in [0.5, 0.6) is 0 Å². The molecule has 1 aromatic rings. The minimum Gasteiger partial charge on any atom is -0.407 e. The van der Waals surface area contributed by atoms with Gasteiger partial charge in [-0.05, 0) is 27.2 Å². The standard InChI is InChI=1S/C13H26N4O2/c1-5-6-8-18-9-7-14-12-17-16-11(19-12)10-15-13(2,3)4/h15H,5-10H2,1-4H3,(H,14,17). The van der Waals surface area contributed by atoms with Crippen molar-refractivity contribution in [2.24, 2.45) is 0 Å². The van der Waals surface area contributed by atoms with Gasteiger partial charge in [0, 0.05) is 18.7 Å². The third-order valence-corrected chi connectivity index (χ3v) is 2.40. The summed E-state index contributed by atoms with van der Waals surface area (Å²) in [6, 6.07) is 0.449. The van der Waals surface area contributed by atoms with Crippen molar-refractivity contribution >= 4 is 6.01 Å². The molecule has 0 atom stereocenters. The molecule has 0 aliphatic heterocycles. The van der Waals surface area contributed by atoms with E-state index in [-0.39, 0.29) is 5.54 Å². The van der Waals surface area contributed by atoms with Gasteiger partial charge in [0.1, 0.15) is 0 Å². The SMILES string of the molecule is CCCCOCCNc1nnc(CNC(C)(C)C)o1. The molecule has 0 radical (unpaired) electrons. The van der Waals surface area contributed by atoms with Crippen molar-refractivity contribution in [1.82, 2.24) is 15.5 Å². The number of hydrogen-bond acceptors (Lipinski definition) is 6. The van der Waals surface area contributed by atoms with E-state index in [2.05, 4.69) is 48.5 Å². The Morgan fingerprint density at radius 1 is 1.21 bits per heavy atom. The number of nitrogens with zero attached hydrogens (tertiary/aromatic N) is 2. The maximum atomic E-state index is 5.46. The minimum absolute atomic E-state index is 0.0369. The summed E-state index contributed by atoms with van der Waals surface area (Å²) in [5.41, 5.74) is 0.0369. The first kappa shape index (κ1) is 15.9. The third kappa shape index (κ3) is 7.79. The third-order valence-electron chi connectivity index (χ3n) is 2.40. The van der Waals surface area contributed by atoms with E-state index >= 15 is 0 Å². The lowest BCUT2D eigenvalue weighted by atomic mass is 10.1. The molecule has 1 aromatic heterocycles. The zero-order valence-electron chi connectivity index (χ0n) is 12.5. The molecule has 0 bridgehead atoms. The van der Waals surface area contributed by atoms with Gasteiger partial charge in [0.15, 0.2) is 0 Å². The van der Waals surface area contributed by atoms with Crippen LogP contribution in [0.25, 0.3) is 0 Å². The number of unbranched alkanes of at least 4 members (excludes halogenated alkanes) is 1. The largest absolute Gasteiger partial charge is 0.407 e. The minimum atomic E-state index is 0.0369. The van der Waals surface area contributed by atoms with E-state index in [9.17, 15) is 0 Å². The van der Waals surface area contributed by atoms with Crippen LogP contribution in [0, 0.1) is 0 Å². The van der Waals surface area contributed by atoms with E-state index in [4.69, 9.17) is 9.15 Å². The summed E-state index contributed by atoms with van der Waals surface area (Å²) in [5.74, 6) is 0.587. The van der Waals surface area contributed by atoms with Gasteiger partial charge in [0.25, 0.3) is 0 Å². The second-order valence-electron chi connectivity index (χ2n) is 5.50. The lowest BCUT2D eigenvalue weighted by molar-refractivity contribution is 0.140. The van der Waals surface area contributed by atoms with Gasteiger partial charge in [-0.3, -0.25) is 0 Å². The summed E-state index contributed by atoms with van der Waals surface area (Å²) in [5, 5.41) is 14.2. The summed E-state index contributed by atoms with van der Waals surface area (Å²) in [6.45, 7) is 11.1. The summed E-state index contributed by atoms with van der Waals surface area (Å²) in [7, 11) is 0. The molecular weight excluding hydrogens is 244 g/mol. The van der Waals surface area contributed by atoms with E-state index in [0.29, 0.717) is 31.6 Å². The van der Waals surface area contributed by atoms with E-state index in [1.165, 1.54) is 0 Å². The number of aromatic nitrogens is 2. The van der Waals surface area contributed by atoms with Gasteiger partial charge in [-0.25, -0.2) is 0 Å². The lowest BCUT2D eigenvalue weighted by Gasteiger charge is -2.18. The van der Waals surface area contributed by atoms with Gasteiger partial charge in [0.2, 0.25) is 5.89 Å². The molecular formula is C13H26N4O2. The number of ether oxygens (including phenoxy) is 1. The molecule has 0 aliphatic rings. The van der Waals surface area contributed by atoms with Crippen LogP contribution in [0.3, 0.4) is 0 Å². The van der Waals surface area contributed by atoms with Crippen LogP contribution in [-0.2, 0) is 11.3 Å². The Balaban J connectivity index is 2.16. The molecule has 0 aliphatic carbocycles. The Kier molecular flexibility index (Phi) is 6.80. The smallest absolute Gasteiger partial charge is 0.315 e. The quantitative estimate of drug-likeness (QED) is 0.670. The molecule has 1 rings (SSSR count). The Labute approximate surface area is 115 Å². The summed E-state index contributed by atoms with van der Waals surface area (Å²) in [6.07, 6.45) is 2.25. The van der Waals surface area contributed by atoms with Crippen molar-refractivity contribution in [2.45, 2.75) is 52.6 Å². The van der Waals surface area contributed by atoms with Crippen LogP contribution in [0.2, 0.25) is 0 Å². The molecule has 1 heterocycles. The maximum absolute atomic E-state index is 5.46. The summed E-state index contributed by atoms with van der Waals surface area (Å²) in [4.78, 5) is 0. The first-order valence-corrected chi connectivity index (χ1v) is 6.90. The van der Waals surface area contributed by atoms with Crippen molar-refractivity contribution < 1.29 is 9.15 Å². The molecule has 0 saturated carbocycles. The molecule has 0 spiro atoms. The van der Waals surface area contributed by atoms with Gasteiger partial charge in [-0.1, -0.05) is 18.4 Å². The second-order valence-corrected chi connectivity index (χ2v) is 5.50. The average Bonchev–Trinajstić information content (AvgIpc) is 2.78. The van der Waals surface area contributed by atoms with E-state index in [1.807, 2.05) is 0 Å². The van der Waals surface area contributed by atoms with Crippen LogP contribution in [0.1, 0.15) is 46.4 Å². The van der Waals surface area contributed by atoms with Gasteiger partial charge in [0.05, 0.1) is 13.2 Å². The van der Waals surface area contributed by atoms with E-state index in [0.717, 1.165) is 19.4 Å². The van der Waals surface area contributed by atoms with Crippen LogP contribution in [0.4, 0.5) is 6.01 Å². The molecule has 0 amide bonds. The van der Waals surface area contributed by atoms with E-state index in [1.54, 1.807) is 0 Å². The van der Waals surface area contributed by atoms with Crippen molar-refractivity contribution in [3.8, 4) is 0 Å². The first-order chi connectivity index (χ1) is 9.01. The second kappa shape index (κ2) is 8.12. The highest BCUT2D eigenvalue weighted by Gasteiger charge is 2.11. The highest BCUT2D eigenvalue weighted by atomic mass is 16.5. The maximum Gasteiger partial charge on any atom is 0.315 e. The average molecular weight is 270 g/mol. The molecule has 0 unspecified atom stereocenters. The normalized spacial score (nSPS) is 11.8. The highest BCUT2D eigenvalue weighted by Crippen LogP contribution is 2.07. The molecule has 110 valence electrons. The zero-order valence-corrected chi connectivity index (χ0v) is 12.5. The van der Waals surface area contributed by atoms with Crippen LogP contribution in [0.15, 0.2) is 4.42 Å². The van der Waals surface area contributed by atoms with Gasteiger partial charge in [-0.15, -0.1) is 5.10 Å². The predicted molar refractivity (Wildman–Crippen MR) is 75.1 cm³/mol. The molecule has 19 heavy (non-hydrogen) atoms. The number of anilines is 1. The van der Waals surface area contributed by atoms with Gasteiger partial charge < -0.3 is 19.8 Å². The number of rotatable bonds is 9. The van der Waals surface area contributed by atoms with E-state index < -0.39 is 0 Å². The van der Waals surface area contributed by atoms with Crippen LogP contribution in [-0.4, -0.2) is 35.5 Å². The Morgan fingerprint density at radius 3 is 2.68 bits per heavy atom. The fourth-order valence-corrected chi connectivity index (χ4v) is 1.32. The zero-order chi connectivity index (χ0) is 14.1. The van der Waals surface area contributed by atoms with Gasteiger partial charge >= 0.3 is 6.01 Å². The monoisotopic (exact) mass is 270 g/mol. The predicted octanol–water partition coefficient (Wildman–Crippen LogP) is 2.19. The summed E-state index contributed by atoms with van der Waals surface area (Å²) < 4.78 is 10.9. The number of hydrogen-bond donors (Lipinski definition) is 2. The number of nitrogens with one attached hydrogen (secondary N) is 2. The Bertz CT molecular complexity index is 347. The summed E-state index contributed by atoms with van der Waals surface area (Å²) >= 11 is 0. The first-order valence-electron chi connectivity index (χ1n) is 6.90. The topological polar surface area (TPSA) is 72.2 Å². The Hall–Kier alpha value is -1.14. The Morgan fingerprint density at radius 2 is 2.00 bits per heavy atom. The van der Waals surface area contributed by atoms with Crippen molar-refractivity contribution in [3.63, 3.8) is 0 Å². The van der Waals surface area contributed by atoms with Crippen molar-refractivity contribution in [2.75, 3.05) is 25.1 Å². The van der Waals surface area contributed by atoms with Crippen LogP contribution >= 0.6 is 0 Å². The fourth-order valence-electron chi connectivity index (χ4n) is 1.32. The molecule has 2 N–H and O–H groups in total. The fraction of sp³-hybridized carbons (Fsp3) is 0.846. The van der Waals surface area contributed by atoms with Crippen molar-refractivity contribution in [3.05, 3.63) is 5.89 Å². The van der Waals surface area contributed by atoms with Gasteiger partial charge in [-0.2, -0.15) is 0 Å². The highest BCUT2D eigenvalue weighted by molar-refractivity contribution is 5.16. The molecule has 6 nitrogen and oxygen atoms in total. The molecule has 0 aromatic carbocycles. The van der Waals surface area contributed by atoms with Crippen molar-refractivity contribution in [1.29, 1.82) is 0 Å². The lowest BCUT2D eigenvalue weighted by Crippen LogP contribution is -2.35. The van der Waals surface area contributed by atoms with Crippen LogP contribution < -0.4 is 10.6 Å².